The largest absolute Gasteiger partial charge is 0.325 e. The number of nitrogens with one attached hydrogen (secondary N) is 2. The quantitative estimate of drug-likeness (QED) is 0.470. The van der Waals surface area contributed by atoms with Gasteiger partial charge in [-0.15, -0.1) is 0 Å². The number of aryl methyl sites for hydroxylation is 1. The molecule has 2 aromatic carbocycles. The standard InChI is InChI=1S/C22H18N4O3S/c1-15-2-11-21(28)26(12-15)13-20(27)24-17-5-3-16(4-6-17)22(29)25-18-7-9-19(10-8-18)30-14-23/h2-12H,13H2,1H3,(H,24,27)(H,25,29). The van der Waals surface area contributed by atoms with E-state index < -0.39 is 0 Å². The lowest BCUT2D eigenvalue weighted by Crippen LogP contribution is -2.26. The number of aromatic nitrogens is 1. The number of anilines is 2. The fourth-order valence-electron chi connectivity index (χ4n) is 2.70. The van der Waals surface area contributed by atoms with Crippen molar-refractivity contribution in [2.75, 3.05) is 10.6 Å². The first-order valence-electron chi connectivity index (χ1n) is 8.99. The molecule has 150 valence electrons. The second-order valence-electron chi connectivity index (χ2n) is 6.47. The van der Waals surface area contributed by atoms with Gasteiger partial charge in [-0.2, -0.15) is 5.26 Å². The number of benzene rings is 2. The highest BCUT2D eigenvalue weighted by Crippen LogP contribution is 2.19. The van der Waals surface area contributed by atoms with Crippen LogP contribution in [0.15, 0.2) is 76.6 Å². The van der Waals surface area contributed by atoms with E-state index in [2.05, 4.69) is 10.6 Å². The number of hydrogen-bond acceptors (Lipinski definition) is 5. The molecule has 0 aliphatic rings. The maximum atomic E-state index is 12.4. The summed E-state index contributed by atoms with van der Waals surface area (Å²) in [6.07, 6.45) is 1.63. The van der Waals surface area contributed by atoms with Crippen molar-refractivity contribution < 1.29 is 9.59 Å². The molecule has 1 aromatic heterocycles. The SMILES string of the molecule is Cc1ccc(=O)n(CC(=O)Nc2ccc(C(=O)Nc3ccc(SC#N)cc3)cc2)c1. The van der Waals surface area contributed by atoms with E-state index in [-0.39, 0.29) is 23.9 Å². The summed E-state index contributed by atoms with van der Waals surface area (Å²) >= 11 is 1.05. The van der Waals surface area contributed by atoms with E-state index in [1.54, 1.807) is 60.8 Å². The van der Waals surface area contributed by atoms with Gasteiger partial charge in [-0.05, 0) is 72.8 Å². The van der Waals surface area contributed by atoms with Crippen molar-refractivity contribution >= 4 is 35.0 Å². The van der Waals surface area contributed by atoms with E-state index in [0.29, 0.717) is 16.9 Å². The molecule has 0 atom stereocenters. The van der Waals surface area contributed by atoms with Crippen LogP contribution in [0.2, 0.25) is 0 Å². The number of nitriles is 1. The Morgan fingerprint density at radius 3 is 2.27 bits per heavy atom. The van der Waals surface area contributed by atoms with Gasteiger partial charge in [0.2, 0.25) is 5.91 Å². The summed E-state index contributed by atoms with van der Waals surface area (Å²) < 4.78 is 1.34. The van der Waals surface area contributed by atoms with Gasteiger partial charge < -0.3 is 15.2 Å². The average molecular weight is 418 g/mol. The maximum Gasteiger partial charge on any atom is 0.255 e. The maximum absolute atomic E-state index is 12.4. The molecule has 7 nitrogen and oxygen atoms in total. The van der Waals surface area contributed by atoms with Crippen LogP contribution in [0.25, 0.3) is 0 Å². The smallest absolute Gasteiger partial charge is 0.255 e. The molecule has 2 N–H and O–H groups in total. The van der Waals surface area contributed by atoms with Crippen LogP contribution >= 0.6 is 11.8 Å². The number of amides is 2. The number of hydrogen-bond donors (Lipinski definition) is 2. The molecule has 0 aliphatic carbocycles. The molecule has 8 heteroatoms. The zero-order valence-corrected chi connectivity index (χ0v) is 16.9. The Morgan fingerprint density at radius 1 is 0.967 bits per heavy atom. The predicted octanol–water partition coefficient (Wildman–Crippen LogP) is 3.62. The highest BCUT2D eigenvalue weighted by atomic mass is 32.2. The van der Waals surface area contributed by atoms with Crippen molar-refractivity contribution in [3.63, 3.8) is 0 Å². The molecule has 0 saturated carbocycles. The molecule has 3 aromatic rings. The van der Waals surface area contributed by atoms with E-state index in [4.69, 9.17) is 5.26 Å². The van der Waals surface area contributed by atoms with Crippen molar-refractivity contribution in [2.45, 2.75) is 18.4 Å². The molecule has 0 fully saturated rings. The van der Waals surface area contributed by atoms with Gasteiger partial charge in [0.25, 0.3) is 11.5 Å². The first-order valence-corrected chi connectivity index (χ1v) is 9.80. The summed E-state index contributed by atoms with van der Waals surface area (Å²) in [5.41, 5.74) is 2.20. The Hall–Kier alpha value is -3.83. The number of carbonyl (C=O) groups is 2. The summed E-state index contributed by atoms with van der Waals surface area (Å²) in [6, 6.07) is 16.5. The second-order valence-corrected chi connectivity index (χ2v) is 7.33. The molecule has 0 spiro atoms. The fraction of sp³-hybridized carbons (Fsp3) is 0.0909. The molecule has 0 aliphatic heterocycles. The van der Waals surface area contributed by atoms with E-state index in [9.17, 15) is 14.4 Å². The van der Waals surface area contributed by atoms with Gasteiger partial charge in [0.15, 0.2) is 0 Å². The second kappa shape index (κ2) is 9.58. The average Bonchev–Trinajstić information content (AvgIpc) is 2.73. The van der Waals surface area contributed by atoms with Crippen molar-refractivity contribution in [2.24, 2.45) is 0 Å². The predicted molar refractivity (Wildman–Crippen MR) is 116 cm³/mol. The summed E-state index contributed by atoms with van der Waals surface area (Å²) in [7, 11) is 0. The van der Waals surface area contributed by atoms with Gasteiger partial charge in [-0.1, -0.05) is 6.07 Å². The molecule has 2 amide bonds. The van der Waals surface area contributed by atoms with Crippen LogP contribution in [0.3, 0.4) is 0 Å². The van der Waals surface area contributed by atoms with Gasteiger partial charge >= 0.3 is 0 Å². The lowest BCUT2D eigenvalue weighted by Gasteiger charge is -2.09. The molecule has 0 bridgehead atoms. The Labute approximate surface area is 177 Å². The first kappa shape index (κ1) is 20.9. The minimum absolute atomic E-state index is 0.0944. The van der Waals surface area contributed by atoms with Gasteiger partial charge in [-0.3, -0.25) is 14.4 Å². The fourth-order valence-corrected chi connectivity index (χ4v) is 3.07. The van der Waals surface area contributed by atoms with Crippen LogP contribution < -0.4 is 16.2 Å². The van der Waals surface area contributed by atoms with Crippen molar-refractivity contribution in [1.29, 1.82) is 5.26 Å². The lowest BCUT2D eigenvalue weighted by molar-refractivity contribution is -0.116. The van der Waals surface area contributed by atoms with Crippen LogP contribution in [-0.2, 0) is 11.3 Å². The monoisotopic (exact) mass is 418 g/mol. The molecule has 1 heterocycles. The van der Waals surface area contributed by atoms with E-state index >= 15 is 0 Å². The zero-order chi connectivity index (χ0) is 21.5. The molecule has 3 rings (SSSR count). The van der Waals surface area contributed by atoms with Crippen molar-refractivity contribution in [3.05, 3.63) is 88.3 Å². The van der Waals surface area contributed by atoms with Gasteiger partial charge in [0.1, 0.15) is 11.9 Å². The van der Waals surface area contributed by atoms with Crippen LogP contribution in [0, 0.1) is 17.6 Å². The van der Waals surface area contributed by atoms with Crippen molar-refractivity contribution in [3.8, 4) is 5.40 Å². The third kappa shape index (κ3) is 5.59. The Bertz CT molecular complexity index is 1160. The number of carbonyl (C=O) groups excluding carboxylic acids is 2. The highest BCUT2D eigenvalue weighted by molar-refractivity contribution is 8.03. The normalized spacial score (nSPS) is 10.1. The number of pyridine rings is 1. The third-order valence-electron chi connectivity index (χ3n) is 4.15. The Morgan fingerprint density at radius 2 is 1.60 bits per heavy atom. The minimum atomic E-state index is -0.338. The van der Waals surface area contributed by atoms with Crippen LogP contribution in [0.1, 0.15) is 15.9 Å². The van der Waals surface area contributed by atoms with E-state index in [1.807, 2.05) is 12.3 Å². The van der Waals surface area contributed by atoms with Crippen LogP contribution in [0.4, 0.5) is 11.4 Å². The van der Waals surface area contributed by atoms with Gasteiger partial charge in [0.05, 0.1) is 0 Å². The summed E-state index contributed by atoms with van der Waals surface area (Å²) in [4.78, 5) is 37.2. The summed E-state index contributed by atoms with van der Waals surface area (Å²) in [5.74, 6) is -0.630. The Kier molecular flexibility index (Phi) is 6.67. The molecule has 0 unspecified atom stereocenters. The number of rotatable bonds is 6. The van der Waals surface area contributed by atoms with Crippen molar-refractivity contribution in [1.82, 2.24) is 4.57 Å². The summed E-state index contributed by atoms with van der Waals surface area (Å²) in [6.45, 7) is 1.75. The number of thioether (sulfide) groups is 1. The minimum Gasteiger partial charge on any atom is -0.325 e. The van der Waals surface area contributed by atoms with Gasteiger partial charge in [0, 0.05) is 34.1 Å². The third-order valence-corrected chi connectivity index (χ3v) is 4.75. The lowest BCUT2D eigenvalue weighted by atomic mass is 10.2. The Balaban J connectivity index is 1.59. The first-order chi connectivity index (χ1) is 14.4. The molecular formula is C22H18N4O3S. The topological polar surface area (TPSA) is 104 Å². The van der Waals surface area contributed by atoms with E-state index in [1.165, 1.54) is 10.6 Å². The number of nitrogens with zero attached hydrogens (tertiary/aromatic N) is 2. The molecule has 0 saturated heterocycles. The molecular weight excluding hydrogens is 400 g/mol. The molecule has 0 radical (unpaired) electrons. The summed E-state index contributed by atoms with van der Waals surface area (Å²) in [5, 5.41) is 16.1. The van der Waals surface area contributed by atoms with E-state index in [0.717, 1.165) is 22.2 Å². The number of thiocyanates is 1. The zero-order valence-electron chi connectivity index (χ0n) is 16.1. The highest BCUT2D eigenvalue weighted by Gasteiger charge is 2.09. The van der Waals surface area contributed by atoms with Crippen LogP contribution in [-0.4, -0.2) is 16.4 Å². The van der Waals surface area contributed by atoms with Gasteiger partial charge in [-0.25, -0.2) is 0 Å². The van der Waals surface area contributed by atoms with Crippen LogP contribution in [0.5, 0.6) is 0 Å². The molecule has 30 heavy (non-hydrogen) atoms.